The number of benzene rings is 1. The number of hydrogen-bond donors (Lipinski definition) is 1. The van der Waals surface area contributed by atoms with E-state index in [0.717, 1.165) is 0 Å². The van der Waals surface area contributed by atoms with E-state index in [1.165, 1.54) is 20.3 Å². The minimum absolute atomic E-state index is 0.0424. The number of rotatable bonds is 7. The second-order valence-electron chi connectivity index (χ2n) is 5.93. The standard InChI is InChI=1S/C18H24N2O7/c1-12-10-20(6-7-26-12)16(21)11-27-17(22)9-19-18(23)13-4-5-14(24-2)15(8-13)25-3/h4-5,8,12H,6-7,9-11H2,1-3H3,(H,19,23). The molecule has 1 aliphatic heterocycles. The van der Waals surface area contributed by atoms with E-state index in [1.807, 2.05) is 6.92 Å². The van der Waals surface area contributed by atoms with Crippen LogP contribution < -0.4 is 14.8 Å². The molecule has 0 aromatic heterocycles. The Morgan fingerprint density at radius 3 is 2.63 bits per heavy atom. The summed E-state index contributed by atoms with van der Waals surface area (Å²) in [7, 11) is 2.95. The fourth-order valence-corrected chi connectivity index (χ4v) is 2.56. The molecule has 2 amide bonds. The van der Waals surface area contributed by atoms with Gasteiger partial charge in [0.15, 0.2) is 18.1 Å². The number of nitrogens with one attached hydrogen (secondary N) is 1. The van der Waals surface area contributed by atoms with Crippen molar-refractivity contribution in [1.82, 2.24) is 10.2 Å². The Morgan fingerprint density at radius 1 is 1.22 bits per heavy atom. The van der Waals surface area contributed by atoms with E-state index < -0.39 is 11.9 Å². The lowest BCUT2D eigenvalue weighted by Gasteiger charge is -2.30. The number of ether oxygens (including phenoxy) is 4. The maximum absolute atomic E-state index is 12.1. The number of methoxy groups -OCH3 is 2. The average Bonchev–Trinajstić information content (AvgIpc) is 2.69. The van der Waals surface area contributed by atoms with Crippen molar-refractivity contribution in [1.29, 1.82) is 0 Å². The first-order valence-electron chi connectivity index (χ1n) is 8.49. The summed E-state index contributed by atoms with van der Waals surface area (Å²) in [5.41, 5.74) is 0.304. The molecule has 1 unspecified atom stereocenters. The largest absolute Gasteiger partial charge is 0.493 e. The Balaban J connectivity index is 1.78. The van der Waals surface area contributed by atoms with Gasteiger partial charge >= 0.3 is 5.97 Å². The fourth-order valence-electron chi connectivity index (χ4n) is 2.56. The van der Waals surface area contributed by atoms with Crippen LogP contribution in [0.2, 0.25) is 0 Å². The van der Waals surface area contributed by atoms with Gasteiger partial charge in [-0.05, 0) is 25.1 Å². The van der Waals surface area contributed by atoms with Crippen molar-refractivity contribution in [2.24, 2.45) is 0 Å². The number of nitrogens with zero attached hydrogens (tertiary/aromatic N) is 1. The zero-order valence-corrected chi connectivity index (χ0v) is 15.6. The van der Waals surface area contributed by atoms with Gasteiger partial charge < -0.3 is 29.2 Å². The van der Waals surface area contributed by atoms with Crippen LogP contribution in [0.1, 0.15) is 17.3 Å². The quantitative estimate of drug-likeness (QED) is 0.675. The third-order valence-corrected chi connectivity index (χ3v) is 3.99. The van der Waals surface area contributed by atoms with Gasteiger partial charge in [-0.1, -0.05) is 0 Å². The van der Waals surface area contributed by atoms with Crippen molar-refractivity contribution in [3.05, 3.63) is 23.8 Å². The second-order valence-corrected chi connectivity index (χ2v) is 5.93. The number of esters is 1. The molecule has 9 heteroatoms. The van der Waals surface area contributed by atoms with Crippen LogP contribution in [0.4, 0.5) is 0 Å². The molecule has 1 saturated heterocycles. The zero-order chi connectivity index (χ0) is 19.8. The third-order valence-electron chi connectivity index (χ3n) is 3.99. The lowest BCUT2D eigenvalue weighted by Crippen LogP contribution is -2.46. The summed E-state index contributed by atoms with van der Waals surface area (Å²) < 4.78 is 20.5. The van der Waals surface area contributed by atoms with Gasteiger partial charge in [0, 0.05) is 18.7 Å². The van der Waals surface area contributed by atoms with Gasteiger partial charge in [0.05, 0.1) is 26.9 Å². The summed E-state index contributed by atoms with van der Waals surface area (Å²) in [6, 6.07) is 4.64. The monoisotopic (exact) mass is 380 g/mol. The predicted molar refractivity (Wildman–Crippen MR) is 94.8 cm³/mol. The van der Waals surface area contributed by atoms with E-state index >= 15 is 0 Å². The number of hydrogen-bond acceptors (Lipinski definition) is 7. The van der Waals surface area contributed by atoms with Crippen molar-refractivity contribution in [2.45, 2.75) is 13.0 Å². The normalized spacial score (nSPS) is 16.4. The van der Waals surface area contributed by atoms with E-state index in [0.29, 0.717) is 36.8 Å². The maximum atomic E-state index is 12.1. The van der Waals surface area contributed by atoms with Crippen LogP contribution in [0, 0.1) is 0 Å². The maximum Gasteiger partial charge on any atom is 0.325 e. The summed E-state index contributed by atoms with van der Waals surface area (Å²) in [6.45, 7) is 2.55. The average molecular weight is 380 g/mol. The Morgan fingerprint density at radius 2 is 1.96 bits per heavy atom. The van der Waals surface area contributed by atoms with Crippen molar-refractivity contribution in [3.8, 4) is 11.5 Å². The number of carbonyl (C=O) groups is 3. The van der Waals surface area contributed by atoms with Crippen molar-refractivity contribution in [3.63, 3.8) is 0 Å². The fraction of sp³-hybridized carbons (Fsp3) is 0.500. The van der Waals surface area contributed by atoms with E-state index in [2.05, 4.69) is 5.32 Å². The molecule has 1 atom stereocenters. The molecular weight excluding hydrogens is 356 g/mol. The van der Waals surface area contributed by atoms with Gasteiger partial charge in [-0.2, -0.15) is 0 Å². The lowest BCUT2D eigenvalue weighted by molar-refractivity contribution is -0.154. The van der Waals surface area contributed by atoms with Gasteiger partial charge in [-0.3, -0.25) is 14.4 Å². The number of morpholine rings is 1. The predicted octanol–water partition coefficient (Wildman–Crippen LogP) is 0.224. The third kappa shape index (κ3) is 5.85. The highest BCUT2D eigenvalue weighted by atomic mass is 16.5. The molecule has 1 aromatic carbocycles. The van der Waals surface area contributed by atoms with Crippen LogP contribution in [0.5, 0.6) is 11.5 Å². The van der Waals surface area contributed by atoms with Gasteiger partial charge in [-0.25, -0.2) is 0 Å². The van der Waals surface area contributed by atoms with Crippen LogP contribution in [0.25, 0.3) is 0 Å². The van der Waals surface area contributed by atoms with Crippen LogP contribution in [-0.4, -0.2) is 75.9 Å². The first-order valence-corrected chi connectivity index (χ1v) is 8.49. The molecule has 1 aromatic rings. The molecule has 1 aliphatic rings. The molecule has 0 bridgehead atoms. The van der Waals surface area contributed by atoms with Crippen molar-refractivity contribution >= 4 is 17.8 Å². The molecule has 0 saturated carbocycles. The van der Waals surface area contributed by atoms with Crippen LogP contribution in [0.3, 0.4) is 0 Å². The van der Waals surface area contributed by atoms with E-state index in [9.17, 15) is 14.4 Å². The molecule has 1 heterocycles. The molecule has 9 nitrogen and oxygen atoms in total. The molecule has 2 rings (SSSR count). The summed E-state index contributed by atoms with van der Waals surface area (Å²) in [5, 5.41) is 2.44. The second kappa shape index (κ2) is 9.77. The number of carbonyl (C=O) groups excluding carboxylic acids is 3. The zero-order valence-electron chi connectivity index (χ0n) is 15.6. The van der Waals surface area contributed by atoms with Gasteiger partial charge in [-0.15, -0.1) is 0 Å². The summed E-state index contributed by atoms with van der Waals surface area (Å²) in [5.74, 6) is -0.563. The Bertz CT molecular complexity index is 692. The highest BCUT2D eigenvalue weighted by Gasteiger charge is 2.22. The highest BCUT2D eigenvalue weighted by Crippen LogP contribution is 2.27. The highest BCUT2D eigenvalue weighted by molar-refractivity contribution is 5.96. The molecule has 1 fully saturated rings. The molecule has 0 spiro atoms. The first kappa shape index (κ1) is 20.5. The molecule has 0 radical (unpaired) electrons. The molecule has 0 aliphatic carbocycles. The summed E-state index contributed by atoms with van der Waals surface area (Å²) in [4.78, 5) is 37.5. The van der Waals surface area contributed by atoms with Crippen molar-refractivity contribution in [2.75, 3.05) is 47.1 Å². The van der Waals surface area contributed by atoms with Crippen LogP contribution in [0.15, 0.2) is 18.2 Å². The topological polar surface area (TPSA) is 103 Å². The number of amides is 2. The Hall–Kier alpha value is -2.81. The van der Waals surface area contributed by atoms with Crippen LogP contribution in [-0.2, 0) is 19.1 Å². The summed E-state index contributed by atoms with van der Waals surface area (Å²) in [6.07, 6.45) is -0.0424. The minimum Gasteiger partial charge on any atom is -0.493 e. The molecule has 27 heavy (non-hydrogen) atoms. The van der Waals surface area contributed by atoms with Crippen molar-refractivity contribution < 1.29 is 33.3 Å². The lowest BCUT2D eigenvalue weighted by atomic mass is 10.2. The molecule has 148 valence electrons. The summed E-state index contributed by atoms with van der Waals surface area (Å²) >= 11 is 0. The van der Waals surface area contributed by atoms with Gasteiger partial charge in [0.25, 0.3) is 11.8 Å². The van der Waals surface area contributed by atoms with Gasteiger partial charge in [0.1, 0.15) is 6.54 Å². The SMILES string of the molecule is COc1ccc(C(=O)NCC(=O)OCC(=O)N2CCOC(C)C2)cc1OC. The molecule has 1 N–H and O–H groups in total. The first-order chi connectivity index (χ1) is 12.9. The molecular formula is C18H24N2O7. The Labute approximate surface area is 157 Å². The van der Waals surface area contributed by atoms with Crippen LogP contribution >= 0.6 is 0 Å². The minimum atomic E-state index is -0.696. The van der Waals surface area contributed by atoms with E-state index in [-0.39, 0.29) is 25.2 Å². The Kier molecular flexibility index (Phi) is 7.42. The van der Waals surface area contributed by atoms with E-state index in [4.69, 9.17) is 18.9 Å². The van der Waals surface area contributed by atoms with E-state index in [1.54, 1.807) is 17.0 Å². The smallest absolute Gasteiger partial charge is 0.325 e. The van der Waals surface area contributed by atoms with Gasteiger partial charge in [0.2, 0.25) is 0 Å².